The molecule has 1 aliphatic carbocycles. The molecule has 5 heteroatoms. The van der Waals surface area contributed by atoms with Gasteiger partial charge in [0, 0.05) is 33.9 Å². The monoisotopic (exact) mass is 347 g/mol. The van der Waals surface area contributed by atoms with Crippen molar-refractivity contribution in [3.8, 4) is 0 Å². The van der Waals surface area contributed by atoms with E-state index in [1.54, 1.807) is 24.3 Å². The van der Waals surface area contributed by atoms with Gasteiger partial charge in [-0.1, -0.05) is 18.2 Å². The molecule has 1 saturated carbocycles. The molecule has 1 fully saturated rings. The Morgan fingerprint density at radius 3 is 2.54 bits per heavy atom. The van der Waals surface area contributed by atoms with Crippen molar-refractivity contribution in [2.24, 2.45) is 0 Å². The van der Waals surface area contributed by atoms with Gasteiger partial charge in [0.05, 0.1) is 6.42 Å². The number of hydrogen-bond acceptors (Lipinski definition) is 2. The molecule has 1 heterocycles. The largest absolute Gasteiger partial charge is 0.358 e. The number of aromatic amines is 1. The number of carbonyl (C=O) groups excluding carboxylic acids is 2. The van der Waals surface area contributed by atoms with Crippen LogP contribution in [0.15, 0.2) is 48.5 Å². The fourth-order valence-electron chi connectivity index (χ4n) is 3.13. The first-order valence-corrected chi connectivity index (χ1v) is 8.87. The second-order valence-electron chi connectivity index (χ2n) is 6.82. The molecule has 132 valence electrons. The number of rotatable bonds is 5. The average Bonchev–Trinajstić information content (AvgIpc) is 3.39. The molecule has 1 aliphatic rings. The van der Waals surface area contributed by atoms with Gasteiger partial charge in [-0.2, -0.15) is 0 Å². The van der Waals surface area contributed by atoms with Gasteiger partial charge in [0.25, 0.3) is 5.91 Å². The lowest BCUT2D eigenvalue weighted by Gasteiger charge is -2.07. The Kier molecular flexibility index (Phi) is 4.21. The number of aryl methyl sites for hydroxylation is 1. The van der Waals surface area contributed by atoms with Crippen LogP contribution in [0, 0.1) is 6.92 Å². The lowest BCUT2D eigenvalue weighted by atomic mass is 10.1. The molecule has 4 rings (SSSR count). The third kappa shape index (κ3) is 3.47. The van der Waals surface area contributed by atoms with Crippen LogP contribution in [0.4, 0.5) is 5.69 Å². The predicted molar refractivity (Wildman–Crippen MR) is 102 cm³/mol. The van der Waals surface area contributed by atoms with Gasteiger partial charge in [-0.15, -0.1) is 0 Å². The Morgan fingerprint density at radius 1 is 1.08 bits per heavy atom. The number of carbonyl (C=O) groups is 2. The number of para-hydroxylation sites is 1. The molecule has 26 heavy (non-hydrogen) atoms. The maximum absolute atomic E-state index is 12.4. The summed E-state index contributed by atoms with van der Waals surface area (Å²) in [5.74, 6) is -0.132. The molecule has 2 aromatic carbocycles. The summed E-state index contributed by atoms with van der Waals surface area (Å²) in [5, 5.41) is 6.94. The van der Waals surface area contributed by atoms with Gasteiger partial charge in [-0.3, -0.25) is 9.59 Å². The first-order chi connectivity index (χ1) is 12.6. The Balaban J connectivity index is 1.42. The average molecular weight is 347 g/mol. The number of benzene rings is 2. The fraction of sp³-hybridized carbons (Fsp3) is 0.238. The summed E-state index contributed by atoms with van der Waals surface area (Å²) in [4.78, 5) is 27.8. The smallest absolute Gasteiger partial charge is 0.251 e. The Labute approximate surface area is 151 Å². The molecule has 0 aliphatic heterocycles. The van der Waals surface area contributed by atoms with Crippen LogP contribution in [0.5, 0.6) is 0 Å². The zero-order valence-electron chi connectivity index (χ0n) is 14.6. The first kappa shape index (κ1) is 16.4. The summed E-state index contributed by atoms with van der Waals surface area (Å²) in [6.07, 6.45) is 2.43. The zero-order valence-corrected chi connectivity index (χ0v) is 14.6. The highest BCUT2D eigenvalue weighted by Crippen LogP contribution is 2.23. The van der Waals surface area contributed by atoms with Gasteiger partial charge in [0.15, 0.2) is 0 Å². The van der Waals surface area contributed by atoms with E-state index in [4.69, 9.17) is 0 Å². The summed E-state index contributed by atoms with van der Waals surface area (Å²) in [5.41, 5.74) is 4.36. The number of hydrogen-bond donors (Lipinski definition) is 3. The summed E-state index contributed by atoms with van der Waals surface area (Å²) < 4.78 is 0. The molecule has 5 nitrogen and oxygen atoms in total. The van der Waals surface area contributed by atoms with E-state index in [0.717, 1.165) is 35.0 Å². The van der Waals surface area contributed by atoms with Crippen molar-refractivity contribution >= 4 is 28.4 Å². The third-order valence-electron chi connectivity index (χ3n) is 4.71. The molecule has 0 spiro atoms. The maximum Gasteiger partial charge on any atom is 0.251 e. The van der Waals surface area contributed by atoms with Crippen molar-refractivity contribution in [1.29, 1.82) is 0 Å². The normalized spacial score (nSPS) is 13.6. The second-order valence-corrected chi connectivity index (χ2v) is 6.82. The summed E-state index contributed by atoms with van der Waals surface area (Å²) in [7, 11) is 0. The van der Waals surface area contributed by atoms with E-state index in [9.17, 15) is 9.59 Å². The summed E-state index contributed by atoms with van der Waals surface area (Å²) >= 11 is 0. The highest BCUT2D eigenvalue weighted by molar-refractivity contribution is 5.98. The van der Waals surface area contributed by atoms with Crippen LogP contribution in [-0.2, 0) is 11.2 Å². The minimum atomic E-state index is -0.0759. The van der Waals surface area contributed by atoms with Crippen LogP contribution >= 0.6 is 0 Å². The lowest BCUT2D eigenvalue weighted by Crippen LogP contribution is -2.25. The second kappa shape index (κ2) is 6.67. The Bertz CT molecular complexity index is 969. The number of amides is 2. The van der Waals surface area contributed by atoms with Crippen LogP contribution in [-0.4, -0.2) is 22.8 Å². The van der Waals surface area contributed by atoms with E-state index >= 15 is 0 Å². The van der Waals surface area contributed by atoms with Crippen molar-refractivity contribution in [3.63, 3.8) is 0 Å². The Morgan fingerprint density at radius 2 is 1.81 bits per heavy atom. The standard InChI is InChI=1S/C21H21N3O2/c1-13-18(17-4-2-3-5-19(17)22-13)12-20(25)23-15-8-6-14(7-9-15)21(26)24-16-10-11-16/h2-9,16,22H,10-12H2,1H3,(H,23,25)(H,24,26). The van der Waals surface area contributed by atoms with Crippen molar-refractivity contribution in [3.05, 3.63) is 65.4 Å². The highest BCUT2D eigenvalue weighted by atomic mass is 16.2. The number of anilines is 1. The van der Waals surface area contributed by atoms with E-state index in [1.807, 2.05) is 31.2 Å². The van der Waals surface area contributed by atoms with Gasteiger partial charge in [0.1, 0.15) is 0 Å². The van der Waals surface area contributed by atoms with Gasteiger partial charge < -0.3 is 15.6 Å². The molecule has 0 radical (unpaired) electrons. The van der Waals surface area contributed by atoms with Crippen LogP contribution < -0.4 is 10.6 Å². The topological polar surface area (TPSA) is 74.0 Å². The van der Waals surface area contributed by atoms with Crippen LogP contribution in [0.3, 0.4) is 0 Å². The van der Waals surface area contributed by atoms with Crippen LogP contribution in [0.25, 0.3) is 10.9 Å². The van der Waals surface area contributed by atoms with Crippen molar-refractivity contribution in [2.75, 3.05) is 5.32 Å². The van der Waals surface area contributed by atoms with Gasteiger partial charge in [0.2, 0.25) is 5.91 Å². The number of nitrogens with one attached hydrogen (secondary N) is 3. The number of aromatic nitrogens is 1. The van der Waals surface area contributed by atoms with E-state index in [1.165, 1.54) is 0 Å². The quantitative estimate of drug-likeness (QED) is 0.660. The fourth-order valence-corrected chi connectivity index (χ4v) is 3.13. The summed E-state index contributed by atoms with van der Waals surface area (Å²) in [6.45, 7) is 1.98. The van der Waals surface area contributed by atoms with Crippen LogP contribution in [0.2, 0.25) is 0 Å². The van der Waals surface area contributed by atoms with Crippen molar-refractivity contribution < 1.29 is 9.59 Å². The molecule has 0 bridgehead atoms. The van der Waals surface area contributed by atoms with Gasteiger partial charge >= 0.3 is 0 Å². The SMILES string of the molecule is Cc1[nH]c2ccccc2c1CC(=O)Nc1ccc(C(=O)NC2CC2)cc1. The predicted octanol–water partition coefficient (Wildman–Crippen LogP) is 3.55. The molecule has 3 N–H and O–H groups in total. The van der Waals surface area contributed by atoms with E-state index in [2.05, 4.69) is 15.6 Å². The van der Waals surface area contributed by atoms with Gasteiger partial charge in [-0.25, -0.2) is 0 Å². The zero-order chi connectivity index (χ0) is 18.1. The third-order valence-corrected chi connectivity index (χ3v) is 4.71. The number of fused-ring (bicyclic) bond motifs is 1. The number of H-pyrrole nitrogens is 1. The van der Waals surface area contributed by atoms with Crippen LogP contribution in [0.1, 0.15) is 34.5 Å². The van der Waals surface area contributed by atoms with Crippen molar-refractivity contribution in [2.45, 2.75) is 32.2 Å². The lowest BCUT2D eigenvalue weighted by molar-refractivity contribution is -0.115. The molecule has 0 saturated heterocycles. The Hall–Kier alpha value is -3.08. The maximum atomic E-state index is 12.4. The van der Waals surface area contributed by atoms with Crippen molar-refractivity contribution in [1.82, 2.24) is 10.3 Å². The molecule has 1 aromatic heterocycles. The highest BCUT2D eigenvalue weighted by Gasteiger charge is 2.23. The minimum absolute atomic E-state index is 0.0557. The minimum Gasteiger partial charge on any atom is -0.358 e. The molecule has 0 atom stereocenters. The van der Waals surface area contributed by atoms with E-state index in [-0.39, 0.29) is 11.8 Å². The molecular formula is C21H21N3O2. The summed E-state index contributed by atoms with van der Waals surface area (Å²) in [6, 6.07) is 15.3. The molecular weight excluding hydrogens is 326 g/mol. The molecule has 0 unspecified atom stereocenters. The molecule has 2 amide bonds. The first-order valence-electron chi connectivity index (χ1n) is 8.87. The van der Waals surface area contributed by atoms with E-state index in [0.29, 0.717) is 23.7 Å². The van der Waals surface area contributed by atoms with Gasteiger partial charge in [-0.05, 0) is 55.7 Å². The van der Waals surface area contributed by atoms with E-state index < -0.39 is 0 Å². The molecule has 3 aromatic rings.